The number of carbonyl (C=O) groups is 1. The summed E-state index contributed by atoms with van der Waals surface area (Å²) in [6.07, 6.45) is 1.65. The van der Waals surface area contributed by atoms with Crippen molar-refractivity contribution >= 4 is 5.91 Å². The second kappa shape index (κ2) is 5.97. The molecule has 0 bridgehead atoms. The van der Waals surface area contributed by atoms with Crippen molar-refractivity contribution in [3.63, 3.8) is 0 Å². The van der Waals surface area contributed by atoms with E-state index in [1.54, 1.807) is 18.2 Å². The molecule has 6 heteroatoms. The Morgan fingerprint density at radius 1 is 1.38 bits per heavy atom. The summed E-state index contributed by atoms with van der Waals surface area (Å²) >= 11 is 0. The predicted molar refractivity (Wildman–Crippen MR) is 71.1 cm³/mol. The standard InChI is InChI=1S/C15H17F2NO3/c16-15(17)21-12-3-1-2-11(8-12)13-9-18(6-7-20-13)14(19)10-4-5-10/h1-3,8,10,13,15H,4-7,9H2/t13-/m1/s1. The Hall–Kier alpha value is -1.69. The zero-order valence-corrected chi connectivity index (χ0v) is 11.5. The molecule has 21 heavy (non-hydrogen) atoms. The number of halogens is 2. The highest BCUT2D eigenvalue weighted by atomic mass is 19.3. The average Bonchev–Trinajstić information content (AvgIpc) is 3.31. The molecule has 0 unspecified atom stereocenters. The minimum absolute atomic E-state index is 0.108. The van der Waals surface area contributed by atoms with Crippen molar-refractivity contribution in [3.8, 4) is 5.75 Å². The van der Waals surface area contributed by atoms with Crippen LogP contribution < -0.4 is 4.74 Å². The summed E-state index contributed by atoms with van der Waals surface area (Å²) in [5.41, 5.74) is 0.751. The van der Waals surface area contributed by atoms with Gasteiger partial charge in [0, 0.05) is 12.5 Å². The summed E-state index contributed by atoms with van der Waals surface area (Å²) in [6.45, 7) is -1.32. The second-order valence-electron chi connectivity index (χ2n) is 5.37. The van der Waals surface area contributed by atoms with E-state index in [2.05, 4.69) is 4.74 Å². The predicted octanol–water partition coefficient (Wildman–Crippen LogP) is 2.60. The highest BCUT2D eigenvalue weighted by Gasteiger charge is 2.35. The zero-order valence-electron chi connectivity index (χ0n) is 11.5. The second-order valence-corrected chi connectivity index (χ2v) is 5.37. The molecule has 0 spiro atoms. The highest BCUT2D eigenvalue weighted by molar-refractivity contribution is 5.81. The van der Waals surface area contributed by atoms with Crippen molar-refractivity contribution < 1.29 is 23.0 Å². The number of hydrogen-bond donors (Lipinski definition) is 0. The third-order valence-electron chi connectivity index (χ3n) is 3.76. The third-order valence-corrected chi connectivity index (χ3v) is 3.76. The first kappa shape index (κ1) is 14.3. The van der Waals surface area contributed by atoms with Gasteiger partial charge in [-0.05, 0) is 30.5 Å². The van der Waals surface area contributed by atoms with Crippen molar-refractivity contribution in [2.45, 2.75) is 25.6 Å². The van der Waals surface area contributed by atoms with Gasteiger partial charge in [0.05, 0.1) is 13.2 Å². The molecule has 1 saturated heterocycles. The topological polar surface area (TPSA) is 38.8 Å². The van der Waals surface area contributed by atoms with Crippen LogP contribution in [0.1, 0.15) is 24.5 Å². The molecular formula is C15H17F2NO3. The van der Waals surface area contributed by atoms with E-state index in [9.17, 15) is 13.6 Å². The number of alkyl halides is 2. The Labute approximate surface area is 121 Å². The number of ether oxygens (including phenoxy) is 2. The molecule has 2 aliphatic rings. The summed E-state index contributed by atoms with van der Waals surface area (Å²) in [5, 5.41) is 0. The molecule has 2 fully saturated rings. The van der Waals surface area contributed by atoms with Gasteiger partial charge in [0.25, 0.3) is 0 Å². The Balaban J connectivity index is 1.69. The number of carbonyl (C=O) groups excluding carboxylic acids is 1. The molecule has 4 nitrogen and oxygen atoms in total. The van der Waals surface area contributed by atoms with Crippen molar-refractivity contribution in [1.29, 1.82) is 0 Å². The van der Waals surface area contributed by atoms with E-state index in [0.29, 0.717) is 19.7 Å². The van der Waals surface area contributed by atoms with E-state index in [-0.39, 0.29) is 23.7 Å². The van der Waals surface area contributed by atoms with Crippen LogP contribution in [0.5, 0.6) is 5.75 Å². The molecule has 0 N–H and O–H groups in total. The summed E-state index contributed by atoms with van der Waals surface area (Å²) in [4.78, 5) is 13.9. The Bertz CT molecular complexity index is 519. The molecular weight excluding hydrogens is 280 g/mol. The first-order valence-electron chi connectivity index (χ1n) is 7.08. The quantitative estimate of drug-likeness (QED) is 0.857. The van der Waals surface area contributed by atoms with Gasteiger partial charge >= 0.3 is 6.61 Å². The Morgan fingerprint density at radius 3 is 2.90 bits per heavy atom. The monoisotopic (exact) mass is 297 g/mol. The number of nitrogens with zero attached hydrogens (tertiary/aromatic N) is 1. The molecule has 1 amide bonds. The van der Waals surface area contributed by atoms with E-state index in [0.717, 1.165) is 18.4 Å². The van der Waals surface area contributed by atoms with Crippen LogP contribution >= 0.6 is 0 Å². The van der Waals surface area contributed by atoms with Gasteiger partial charge < -0.3 is 14.4 Å². The summed E-state index contributed by atoms with van der Waals surface area (Å²) < 4.78 is 34.6. The number of benzene rings is 1. The van der Waals surface area contributed by atoms with E-state index in [1.165, 1.54) is 6.07 Å². The SMILES string of the molecule is O=C(C1CC1)N1CCO[C@@H](c2cccc(OC(F)F)c2)C1. The summed E-state index contributed by atoms with van der Waals surface area (Å²) in [6, 6.07) is 6.47. The zero-order chi connectivity index (χ0) is 14.8. The fourth-order valence-corrected chi connectivity index (χ4v) is 2.53. The molecule has 1 heterocycles. The van der Waals surface area contributed by atoms with Crippen molar-refractivity contribution in [3.05, 3.63) is 29.8 Å². The summed E-state index contributed by atoms with van der Waals surface area (Å²) in [5.74, 6) is 0.470. The number of amides is 1. The molecule has 1 atom stereocenters. The van der Waals surface area contributed by atoms with Crippen LogP contribution in [0.2, 0.25) is 0 Å². The maximum Gasteiger partial charge on any atom is 0.387 e. The van der Waals surface area contributed by atoms with Crippen LogP contribution in [0.15, 0.2) is 24.3 Å². The van der Waals surface area contributed by atoms with Crippen molar-refractivity contribution in [2.75, 3.05) is 19.7 Å². The van der Waals surface area contributed by atoms with Gasteiger partial charge in [-0.25, -0.2) is 0 Å². The number of rotatable bonds is 4. The lowest BCUT2D eigenvalue weighted by molar-refractivity contribution is -0.140. The molecule has 114 valence electrons. The first-order chi connectivity index (χ1) is 10.1. The summed E-state index contributed by atoms with van der Waals surface area (Å²) in [7, 11) is 0. The molecule has 1 aromatic rings. The molecule has 1 aliphatic carbocycles. The third kappa shape index (κ3) is 3.50. The maximum absolute atomic E-state index is 12.3. The van der Waals surface area contributed by atoms with Gasteiger partial charge in [-0.15, -0.1) is 0 Å². The average molecular weight is 297 g/mol. The highest BCUT2D eigenvalue weighted by Crippen LogP contribution is 2.33. The molecule has 1 aliphatic heterocycles. The van der Waals surface area contributed by atoms with E-state index in [4.69, 9.17) is 4.74 Å². The fourth-order valence-electron chi connectivity index (χ4n) is 2.53. The van der Waals surface area contributed by atoms with Gasteiger partial charge in [-0.3, -0.25) is 4.79 Å². The fraction of sp³-hybridized carbons (Fsp3) is 0.533. The molecule has 0 aromatic heterocycles. The Kier molecular flexibility index (Phi) is 4.05. The van der Waals surface area contributed by atoms with Crippen LogP contribution in [-0.4, -0.2) is 37.1 Å². The molecule has 1 saturated carbocycles. The van der Waals surface area contributed by atoms with Gasteiger partial charge in [0.1, 0.15) is 11.9 Å². The maximum atomic E-state index is 12.3. The molecule has 3 rings (SSSR count). The normalized spacial score (nSPS) is 22.4. The molecule has 1 aromatic carbocycles. The Morgan fingerprint density at radius 2 is 2.19 bits per heavy atom. The molecule has 0 radical (unpaired) electrons. The number of morpholine rings is 1. The van der Waals surface area contributed by atoms with E-state index >= 15 is 0 Å². The lowest BCUT2D eigenvalue weighted by Crippen LogP contribution is -2.43. The van der Waals surface area contributed by atoms with Gasteiger partial charge in [-0.2, -0.15) is 8.78 Å². The van der Waals surface area contributed by atoms with Crippen molar-refractivity contribution in [2.24, 2.45) is 5.92 Å². The number of hydrogen-bond acceptors (Lipinski definition) is 3. The smallest absolute Gasteiger partial charge is 0.387 e. The van der Waals surface area contributed by atoms with Gasteiger partial charge in [0.15, 0.2) is 0 Å². The van der Waals surface area contributed by atoms with Crippen LogP contribution in [0.4, 0.5) is 8.78 Å². The van der Waals surface area contributed by atoms with Gasteiger partial charge in [0.2, 0.25) is 5.91 Å². The van der Waals surface area contributed by atoms with Crippen molar-refractivity contribution in [1.82, 2.24) is 4.90 Å². The lowest BCUT2D eigenvalue weighted by Gasteiger charge is -2.33. The van der Waals surface area contributed by atoms with E-state index in [1.807, 2.05) is 4.90 Å². The van der Waals surface area contributed by atoms with Crippen LogP contribution in [0.3, 0.4) is 0 Å². The van der Waals surface area contributed by atoms with Crippen LogP contribution in [-0.2, 0) is 9.53 Å². The van der Waals surface area contributed by atoms with E-state index < -0.39 is 6.61 Å². The van der Waals surface area contributed by atoms with Crippen LogP contribution in [0, 0.1) is 5.92 Å². The minimum atomic E-state index is -2.85. The minimum Gasteiger partial charge on any atom is -0.435 e. The lowest BCUT2D eigenvalue weighted by atomic mass is 10.1. The van der Waals surface area contributed by atoms with Crippen LogP contribution in [0.25, 0.3) is 0 Å². The van der Waals surface area contributed by atoms with Gasteiger partial charge in [-0.1, -0.05) is 12.1 Å². The first-order valence-corrected chi connectivity index (χ1v) is 7.08. The largest absolute Gasteiger partial charge is 0.435 e.